The molecule has 1 saturated heterocycles. The van der Waals surface area contributed by atoms with E-state index in [-0.39, 0.29) is 11.6 Å². The molecule has 1 N–H and O–H groups in total. The zero-order valence-electron chi connectivity index (χ0n) is 13.0. The van der Waals surface area contributed by atoms with Crippen molar-refractivity contribution in [2.24, 2.45) is 5.92 Å². The second-order valence-corrected chi connectivity index (χ2v) is 6.62. The van der Waals surface area contributed by atoms with Crippen molar-refractivity contribution in [2.75, 3.05) is 33.2 Å². The van der Waals surface area contributed by atoms with E-state index in [0.29, 0.717) is 6.42 Å². The summed E-state index contributed by atoms with van der Waals surface area (Å²) in [6.45, 7) is 9.89. The molecule has 4 heteroatoms. The molecule has 1 aliphatic rings. The van der Waals surface area contributed by atoms with Crippen molar-refractivity contribution < 1.29 is 9.53 Å². The number of hydrogen-bond donors (Lipinski definition) is 1. The first-order valence-electron chi connectivity index (χ1n) is 7.48. The molecule has 1 aliphatic heterocycles. The fourth-order valence-electron chi connectivity index (χ4n) is 2.36. The molecule has 0 radical (unpaired) electrons. The van der Waals surface area contributed by atoms with Gasteiger partial charge < -0.3 is 15.0 Å². The van der Waals surface area contributed by atoms with Gasteiger partial charge in [0.2, 0.25) is 0 Å². The Balaban J connectivity index is 1.98. The Morgan fingerprint density at radius 3 is 2.47 bits per heavy atom. The fourth-order valence-corrected chi connectivity index (χ4v) is 2.36. The summed E-state index contributed by atoms with van der Waals surface area (Å²) in [5, 5.41) is 3.35. The minimum atomic E-state index is -0.370. The lowest BCUT2D eigenvalue weighted by Crippen LogP contribution is -2.32. The zero-order valence-corrected chi connectivity index (χ0v) is 13.0. The van der Waals surface area contributed by atoms with Gasteiger partial charge in [0.15, 0.2) is 0 Å². The van der Waals surface area contributed by atoms with Gasteiger partial charge in [0.05, 0.1) is 6.42 Å². The monoisotopic (exact) mass is 270 g/mol. The summed E-state index contributed by atoms with van der Waals surface area (Å²) < 4.78 is 5.26. The van der Waals surface area contributed by atoms with Crippen LogP contribution in [0.1, 0.15) is 46.5 Å². The van der Waals surface area contributed by atoms with E-state index in [9.17, 15) is 4.79 Å². The van der Waals surface area contributed by atoms with Crippen LogP contribution in [0.15, 0.2) is 0 Å². The third-order valence-electron chi connectivity index (χ3n) is 3.49. The largest absolute Gasteiger partial charge is 0.460 e. The Labute approximate surface area is 117 Å². The van der Waals surface area contributed by atoms with Crippen molar-refractivity contribution in [2.45, 2.75) is 52.1 Å². The lowest BCUT2D eigenvalue weighted by Gasteiger charge is -2.28. The molecule has 0 saturated carbocycles. The topological polar surface area (TPSA) is 41.6 Å². The van der Waals surface area contributed by atoms with Gasteiger partial charge in [-0.1, -0.05) is 0 Å². The maximum atomic E-state index is 11.5. The number of piperidine rings is 1. The maximum absolute atomic E-state index is 11.5. The highest BCUT2D eigenvalue weighted by molar-refractivity contribution is 5.70. The third-order valence-corrected chi connectivity index (χ3v) is 3.49. The predicted molar refractivity (Wildman–Crippen MR) is 78.2 cm³/mol. The van der Waals surface area contributed by atoms with E-state index in [1.807, 2.05) is 20.8 Å². The van der Waals surface area contributed by atoms with Crippen molar-refractivity contribution in [3.05, 3.63) is 0 Å². The van der Waals surface area contributed by atoms with Crippen molar-refractivity contribution >= 4 is 5.97 Å². The van der Waals surface area contributed by atoms with Crippen LogP contribution >= 0.6 is 0 Å². The molecule has 0 aromatic heterocycles. The van der Waals surface area contributed by atoms with Gasteiger partial charge in [-0.25, -0.2) is 0 Å². The summed E-state index contributed by atoms with van der Waals surface area (Å²) in [6.07, 6.45) is 4.31. The Morgan fingerprint density at radius 1 is 1.26 bits per heavy atom. The number of nitrogens with one attached hydrogen (secondary N) is 1. The Morgan fingerprint density at radius 2 is 1.89 bits per heavy atom. The molecule has 0 aromatic carbocycles. The van der Waals surface area contributed by atoms with Gasteiger partial charge in [0.1, 0.15) is 5.60 Å². The third kappa shape index (κ3) is 8.22. The summed E-state index contributed by atoms with van der Waals surface area (Å²) in [5.41, 5.74) is -0.370. The van der Waals surface area contributed by atoms with E-state index >= 15 is 0 Å². The minimum absolute atomic E-state index is 0.112. The predicted octanol–water partition coefficient (Wildman–Crippen LogP) is 2.04. The number of rotatable bonds is 6. The standard InChI is InChI=1S/C15H30N2O2/c1-15(2,3)19-14(18)6-10-16-9-5-13-7-11-17(4)12-8-13/h13,16H,5-12H2,1-4H3. The number of carbonyl (C=O) groups is 1. The van der Waals surface area contributed by atoms with Crippen molar-refractivity contribution in [1.82, 2.24) is 10.2 Å². The van der Waals surface area contributed by atoms with Gasteiger partial charge in [-0.3, -0.25) is 4.79 Å². The summed E-state index contributed by atoms with van der Waals surface area (Å²) in [7, 11) is 2.19. The Bertz CT molecular complexity index is 266. The molecule has 0 atom stereocenters. The molecule has 1 heterocycles. The molecule has 112 valence electrons. The van der Waals surface area contributed by atoms with Crippen LogP contribution in [-0.2, 0) is 9.53 Å². The molecular weight excluding hydrogens is 240 g/mol. The quantitative estimate of drug-likeness (QED) is 0.592. The maximum Gasteiger partial charge on any atom is 0.307 e. The fraction of sp³-hybridized carbons (Fsp3) is 0.933. The molecule has 4 nitrogen and oxygen atoms in total. The van der Waals surface area contributed by atoms with Crippen LogP contribution in [0.2, 0.25) is 0 Å². The van der Waals surface area contributed by atoms with Crippen LogP contribution in [-0.4, -0.2) is 49.7 Å². The lowest BCUT2D eigenvalue weighted by atomic mass is 9.94. The molecule has 0 unspecified atom stereocenters. The van der Waals surface area contributed by atoms with Gasteiger partial charge >= 0.3 is 5.97 Å². The van der Waals surface area contributed by atoms with E-state index in [2.05, 4.69) is 17.3 Å². The zero-order chi connectivity index (χ0) is 14.3. The van der Waals surface area contributed by atoms with Crippen molar-refractivity contribution in [1.29, 1.82) is 0 Å². The van der Waals surface area contributed by atoms with Gasteiger partial charge in [0, 0.05) is 6.54 Å². The Kier molecular flexibility index (Phi) is 6.80. The highest BCUT2D eigenvalue weighted by atomic mass is 16.6. The minimum Gasteiger partial charge on any atom is -0.460 e. The summed E-state index contributed by atoms with van der Waals surface area (Å²) >= 11 is 0. The lowest BCUT2D eigenvalue weighted by molar-refractivity contribution is -0.154. The molecule has 19 heavy (non-hydrogen) atoms. The van der Waals surface area contributed by atoms with Crippen LogP contribution < -0.4 is 5.32 Å². The normalized spacial score (nSPS) is 18.5. The molecule has 0 amide bonds. The number of likely N-dealkylation sites (tertiary alicyclic amines) is 1. The first kappa shape index (κ1) is 16.4. The van der Waals surface area contributed by atoms with Crippen LogP contribution in [0.25, 0.3) is 0 Å². The molecule has 0 bridgehead atoms. The molecule has 0 aliphatic carbocycles. The van der Waals surface area contributed by atoms with E-state index in [4.69, 9.17) is 4.74 Å². The highest BCUT2D eigenvalue weighted by Gasteiger charge is 2.17. The van der Waals surface area contributed by atoms with Crippen molar-refractivity contribution in [3.8, 4) is 0 Å². The highest BCUT2D eigenvalue weighted by Crippen LogP contribution is 2.18. The van der Waals surface area contributed by atoms with E-state index in [1.165, 1.54) is 32.4 Å². The first-order valence-corrected chi connectivity index (χ1v) is 7.48. The molecule has 1 fully saturated rings. The van der Waals surface area contributed by atoms with Crippen LogP contribution in [0.3, 0.4) is 0 Å². The van der Waals surface area contributed by atoms with Gasteiger partial charge in [0.25, 0.3) is 0 Å². The second kappa shape index (κ2) is 7.85. The second-order valence-electron chi connectivity index (χ2n) is 6.62. The van der Waals surface area contributed by atoms with Crippen LogP contribution in [0, 0.1) is 5.92 Å². The van der Waals surface area contributed by atoms with E-state index in [1.54, 1.807) is 0 Å². The van der Waals surface area contributed by atoms with Gasteiger partial charge in [-0.15, -0.1) is 0 Å². The van der Waals surface area contributed by atoms with Gasteiger partial charge in [-0.2, -0.15) is 0 Å². The molecule has 0 aromatic rings. The average Bonchev–Trinajstić information content (AvgIpc) is 2.29. The number of esters is 1. The number of ether oxygens (including phenoxy) is 1. The van der Waals surface area contributed by atoms with E-state index < -0.39 is 0 Å². The molecule has 0 spiro atoms. The summed E-state index contributed by atoms with van der Waals surface area (Å²) in [4.78, 5) is 13.9. The number of hydrogen-bond acceptors (Lipinski definition) is 4. The number of nitrogens with zero attached hydrogens (tertiary/aromatic N) is 1. The SMILES string of the molecule is CN1CCC(CCNCCC(=O)OC(C)(C)C)CC1. The number of carbonyl (C=O) groups excluding carboxylic acids is 1. The Hall–Kier alpha value is -0.610. The van der Waals surface area contributed by atoms with Gasteiger partial charge in [-0.05, 0) is 72.6 Å². The summed E-state index contributed by atoms with van der Waals surface area (Å²) in [5.74, 6) is 0.740. The first-order chi connectivity index (χ1) is 8.87. The average molecular weight is 270 g/mol. The summed E-state index contributed by atoms with van der Waals surface area (Å²) in [6, 6.07) is 0. The molecule has 1 rings (SSSR count). The molecular formula is C15H30N2O2. The van der Waals surface area contributed by atoms with Crippen molar-refractivity contribution in [3.63, 3.8) is 0 Å². The smallest absolute Gasteiger partial charge is 0.307 e. The van der Waals surface area contributed by atoms with E-state index in [0.717, 1.165) is 19.0 Å². The van der Waals surface area contributed by atoms with Crippen LogP contribution in [0.4, 0.5) is 0 Å². The van der Waals surface area contributed by atoms with Crippen LogP contribution in [0.5, 0.6) is 0 Å².